The van der Waals surface area contributed by atoms with E-state index in [2.05, 4.69) is 5.32 Å². The second kappa shape index (κ2) is 4.43. The number of ether oxygens (including phenoxy) is 2. The molecule has 0 bridgehead atoms. The zero-order valence-electron chi connectivity index (χ0n) is 9.50. The smallest absolute Gasteiger partial charge is 0.251 e. The molecule has 0 aromatic heterocycles. The van der Waals surface area contributed by atoms with Crippen LogP contribution in [0.4, 0.5) is 0 Å². The molecule has 1 aromatic carbocycles. The van der Waals surface area contributed by atoms with Gasteiger partial charge in [0, 0.05) is 19.0 Å². The Labute approximate surface area is 94.6 Å². The van der Waals surface area contributed by atoms with Crippen molar-refractivity contribution in [2.45, 2.75) is 13.3 Å². The molecule has 0 spiro atoms. The van der Waals surface area contributed by atoms with Crippen LogP contribution in [-0.2, 0) is 0 Å². The lowest BCUT2D eigenvalue weighted by molar-refractivity contribution is 0.0962. The Kier molecular flexibility index (Phi) is 2.99. The van der Waals surface area contributed by atoms with E-state index in [4.69, 9.17) is 9.47 Å². The van der Waals surface area contributed by atoms with Gasteiger partial charge in [-0.3, -0.25) is 4.79 Å². The molecule has 4 heteroatoms. The molecule has 0 unspecified atom stereocenters. The van der Waals surface area contributed by atoms with Crippen LogP contribution >= 0.6 is 0 Å². The maximum atomic E-state index is 11.6. The number of carbonyl (C=O) groups excluding carboxylic acids is 1. The third-order valence-electron chi connectivity index (χ3n) is 2.57. The number of benzene rings is 1. The highest BCUT2D eigenvalue weighted by Crippen LogP contribution is 2.32. The average Bonchev–Trinajstić information content (AvgIpc) is 2.51. The molecule has 0 saturated carbocycles. The van der Waals surface area contributed by atoms with Crippen LogP contribution in [0.25, 0.3) is 0 Å². The minimum Gasteiger partial charge on any atom is -0.490 e. The van der Waals surface area contributed by atoms with Crippen molar-refractivity contribution in [1.29, 1.82) is 0 Å². The summed E-state index contributed by atoms with van der Waals surface area (Å²) in [6, 6.07) is 3.60. The van der Waals surface area contributed by atoms with Gasteiger partial charge < -0.3 is 14.8 Å². The minimum absolute atomic E-state index is 0.104. The normalized spacial score (nSPS) is 14.1. The fourth-order valence-electron chi connectivity index (χ4n) is 1.69. The van der Waals surface area contributed by atoms with Crippen molar-refractivity contribution >= 4 is 5.91 Å². The summed E-state index contributed by atoms with van der Waals surface area (Å²) < 4.78 is 11.1. The van der Waals surface area contributed by atoms with E-state index in [-0.39, 0.29) is 5.91 Å². The first-order valence-corrected chi connectivity index (χ1v) is 5.34. The summed E-state index contributed by atoms with van der Waals surface area (Å²) in [5.41, 5.74) is 1.52. The first-order chi connectivity index (χ1) is 7.72. The SMILES string of the molecule is CNC(=O)c1cc2c(cc1C)OCCCO2. The molecule has 0 saturated heterocycles. The molecule has 1 N–H and O–H groups in total. The summed E-state index contributed by atoms with van der Waals surface area (Å²) in [4.78, 5) is 11.6. The predicted octanol–water partition coefficient (Wildman–Crippen LogP) is 1.52. The summed E-state index contributed by atoms with van der Waals surface area (Å²) in [6.07, 6.45) is 0.864. The summed E-state index contributed by atoms with van der Waals surface area (Å²) in [7, 11) is 1.62. The summed E-state index contributed by atoms with van der Waals surface area (Å²) in [6.45, 7) is 3.17. The largest absolute Gasteiger partial charge is 0.490 e. The van der Waals surface area contributed by atoms with Crippen molar-refractivity contribution < 1.29 is 14.3 Å². The number of hydrogen-bond donors (Lipinski definition) is 1. The topological polar surface area (TPSA) is 47.6 Å². The Morgan fingerprint density at radius 3 is 2.50 bits per heavy atom. The Balaban J connectivity index is 2.42. The van der Waals surface area contributed by atoms with E-state index in [1.807, 2.05) is 13.0 Å². The number of amides is 1. The van der Waals surface area contributed by atoms with Gasteiger partial charge in [0.05, 0.1) is 13.2 Å². The number of fused-ring (bicyclic) bond motifs is 1. The Morgan fingerprint density at radius 2 is 1.88 bits per heavy atom. The van der Waals surface area contributed by atoms with E-state index in [9.17, 15) is 4.79 Å². The maximum Gasteiger partial charge on any atom is 0.251 e. The molecule has 0 atom stereocenters. The first-order valence-electron chi connectivity index (χ1n) is 5.34. The Hall–Kier alpha value is -1.71. The van der Waals surface area contributed by atoms with E-state index in [1.165, 1.54) is 0 Å². The third kappa shape index (κ3) is 1.96. The lowest BCUT2D eigenvalue weighted by Gasteiger charge is -2.11. The van der Waals surface area contributed by atoms with Gasteiger partial charge in [0.1, 0.15) is 0 Å². The molecule has 0 radical (unpaired) electrons. The van der Waals surface area contributed by atoms with E-state index in [0.29, 0.717) is 24.5 Å². The van der Waals surface area contributed by atoms with Gasteiger partial charge in [-0.2, -0.15) is 0 Å². The molecule has 1 aromatic rings. The highest BCUT2D eigenvalue weighted by atomic mass is 16.5. The van der Waals surface area contributed by atoms with Crippen molar-refractivity contribution in [1.82, 2.24) is 5.32 Å². The summed E-state index contributed by atoms with van der Waals surface area (Å²) >= 11 is 0. The van der Waals surface area contributed by atoms with Crippen LogP contribution in [0.1, 0.15) is 22.3 Å². The van der Waals surface area contributed by atoms with E-state index in [0.717, 1.165) is 17.7 Å². The number of rotatable bonds is 1. The van der Waals surface area contributed by atoms with Crippen molar-refractivity contribution in [2.24, 2.45) is 0 Å². The molecule has 0 fully saturated rings. The maximum absolute atomic E-state index is 11.6. The van der Waals surface area contributed by atoms with Crippen molar-refractivity contribution in [2.75, 3.05) is 20.3 Å². The highest BCUT2D eigenvalue weighted by molar-refractivity contribution is 5.96. The molecule has 2 rings (SSSR count). The van der Waals surface area contributed by atoms with Gasteiger partial charge in [0.25, 0.3) is 5.91 Å². The Bertz CT molecular complexity index is 415. The van der Waals surface area contributed by atoms with Crippen LogP contribution in [0.15, 0.2) is 12.1 Å². The molecular formula is C12H15NO3. The minimum atomic E-state index is -0.104. The van der Waals surface area contributed by atoms with Gasteiger partial charge in [0.2, 0.25) is 0 Å². The predicted molar refractivity (Wildman–Crippen MR) is 60.2 cm³/mol. The van der Waals surface area contributed by atoms with Crippen LogP contribution in [-0.4, -0.2) is 26.2 Å². The lowest BCUT2D eigenvalue weighted by atomic mass is 10.1. The number of carbonyl (C=O) groups is 1. The monoisotopic (exact) mass is 221 g/mol. The average molecular weight is 221 g/mol. The van der Waals surface area contributed by atoms with Crippen LogP contribution < -0.4 is 14.8 Å². The van der Waals surface area contributed by atoms with Gasteiger partial charge in [0.15, 0.2) is 11.5 Å². The molecule has 1 aliphatic heterocycles. The standard InChI is InChI=1S/C12H15NO3/c1-8-6-10-11(16-5-3-4-15-10)7-9(8)12(14)13-2/h6-7H,3-5H2,1-2H3,(H,13,14). The van der Waals surface area contributed by atoms with Gasteiger partial charge in [-0.1, -0.05) is 0 Å². The van der Waals surface area contributed by atoms with Gasteiger partial charge in [-0.05, 0) is 24.6 Å². The second-order valence-corrected chi connectivity index (χ2v) is 3.74. The Morgan fingerprint density at radius 1 is 1.25 bits per heavy atom. The van der Waals surface area contributed by atoms with Gasteiger partial charge in [-0.25, -0.2) is 0 Å². The van der Waals surface area contributed by atoms with Crippen LogP contribution in [0.2, 0.25) is 0 Å². The van der Waals surface area contributed by atoms with Crippen LogP contribution in [0, 0.1) is 6.92 Å². The number of aryl methyl sites for hydroxylation is 1. The third-order valence-corrected chi connectivity index (χ3v) is 2.57. The molecule has 4 nitrogen and oxygen atoms in total. The zero-order chi connectivity index (χ0) is 11.5. The van der Waals surface area contributed by atoms with E-state index >= 15 is 0 Å². The van der Waals surface area contributed by atoms with Gasteiger partial charge >= 0.3 is 0 Å². The summed E-state index contributed by atoms with van der Waals surface area (Å²) in [5, 5.41) is 2.61. The molecule has 86 valence electrons. The fourth-order valence-corrected chi connectivity index (χ4v) is 1.69. The van der Waals surface area contributed by atoms with Crippen molar-refractivity contribution in [3.8, 4) is 11.5 Å². The zero-order valence-corrected chi connectivity index (χ0v) is 9.50. The molecule has 1 amide bonds. The van der Waals surface area contributed by atoms with Crippen LogP contribution in [0.5, 0.6) is 11.5 Å². The molecule has 16 heavy (non-hydrogen) atoms. The van der Waals surface area contributed by atoms with E-state index in [1.54, 1.807) is 13.1 Å². The van der Waals surface area contributed by atoms with Crippen LogP contribution in [0.3, 0.4) is 0 Å². The highest BCUT2D eigenvalue weighted by Gasteiger charge is 2.16. The quantitative estimate of drug-likeness (QED) is 0.782. The van der Waals surface area contributed by atoms with Gasteiger partial charge in [-0.15, -0.1) is 0 Å². The first kappa shape index (κ1) is 10.8. The molecule has 1 heterocycles. The summed E-state index contributed by atoms with van der Waals surface area (Å²) in [5.74, 6) is 1.28. The molecule has 1 aliphatic rings. The van der Waals surface area contributed by atoms with Crippen molar-refractivity contribution in [3.63, 3.8) is 0 Å². The number of nitrogens with one attached hydrogen (secondary N) is 1. The van der Waals surface area contributed by atoms with E-state index < -0.39 is 0 Å². The second-order valence-electron chi connectivity index (χ2n) is 3.74. The molecule has 0 aliphatic carbocycles. The number of hydrogen-bond acceptors (Lipinski definition) is 3. The van der Waals surface area contributed by atoms with Crippen molar-refractivity contribution in [3.05, 3.63) is 23.3 Å². The lowest BCUT2D eigenvalue weighted by Crippen LogP contribution is -2.19. The molecular weight excluding hydrogens is 206 g/mol. The fraction of sp³-hybridized carbons (Fsp3) is 0.417.